The second-order valence-electron chi connectivity index (χ2n) is 6.27. The molecule has 2 aromatic carbocycles. The third kappa shape index (κ3) is 5.99. The van der Waals surface area contributed by atoms with Crippen LogP contribution in [0.4, 0.5) is 0 Å². The van der Waals surface area contributed by atoms with Crippen molar-refractivity contribution in [2.24, 2.45) is 0 Å². The van der Waals surface area contributed by atoms with Crippen LogP contribution in [0, 0.1) is 6.92 Å². The van der Waals surface area contributed by atoms with Gasteiger partial charge in [0.2, 0.25) is 0 Å². The molecule has 0 aliphatic heterocycles. The van der Waals surface area contributed by atoms with Gasteiger partial charge in [0.1, 0.15) is 0 Å². The molecule has 0 fully saturated rings. The highest BCUT2D eigenvalue weighted by atomic mass is 16.6. The van der Waals surface area contributed by atoms with Gasteiger partial charge in [0, 0.05) is 5.56 Å². The molecule has 0 aromatic heterocycles. The second kappa shape index (κ2) is 10.3. The summed E-state index contributed by atoms with van der Waals surface area (Å²) in [6.45, 7) is 1.56. The van der Waals surface area contributed by atoms with E-state index in [0.29, 0.717) is 23.5 Å². The summed E-state index contributed by atoms with van der Waals surface area (Å²) in [5.74, 6) is -0.229. The molecule has 0 spiro atoms. The number of benzene rings is 2. The Bertz CT molecular complexity index is 803. The predicted octanol–water partition coefficient (Wildman–Crippen LogP) is 1.89. The number of carbonyl (C=O) groups is 2. The SMILES string of the molecule is COC(=O)COc1ccc(C(=O)NC(CO)Cc2ccc(C)cc2)cc1OC. The molecule has 2 aromatic rings. The van der Waals surface area contributed by atoms with Crippen LogP contribution in [0.2, 0.25) is 0 Å². The quantitative estimate of drug-likeness (QED) is 0.638. The lowest BCUT2D eigenvalue weighted by Gasteiger charge is -2.17. The Morgan fingerprint density at radius 1 is 1.07 bits per heavy atom. The number of ether oxygens (including phenoxy) is 3. The number of amides is 1. The fourth-order valence-electron chi connectivity index (χ4n) is 2.56. The molecule has 0 aliphatic carbocycles. The van der Waals surface area contributed by atoms with E-state index < -0.39 is 12.0 Å². The van der Waals surface area contributed by atoms with Crippen molar-refractivity contribution in [3.8, 4) is 11.5 Å². The number of aliphatic hydroxyl groups is 1. The number of aryl methyl sites for hydroxylation is 1. The third-order valence-corrected chi connectivity index (χ3v) is 4.16. The number of carbonyl (C=O) groups excluding carboxylic acids is 2. The van der Waals surface area contributed by atoms with Gasteiger partial charge in [-0.1, -0.05) is 29.8 Å². The first-order valence-electron chi connectivity index (χ1n) is 8.81. The molecule has 1 atom stereocenters. The Balaban J connectivity index is 2.05. The second-order valence-corrected chi connectivity index (χ2v) is 6.27. The molecule has 28 heavy (non-hydrogen) atoms. The van der Waals surface area contributed by atoms with Gasteiger partial charge in [0.05, 0.1) is 26.9 Å². The minimum Gasteiger partial charge on any atom is -0.493 e. The van der Waals surface area contributed by atoms with Crippen LogP contribution in [0.25, 0.3) is 0 Å². The molecular weight excluding hydrogens is 362 g/mol. The molecule has 0 saturated heterocycles. The molecule has 7 heteroatoms. The number of nitrogens with one attached hydrogen (secondary N) is 1. The van der Waals surface area contributed by atoms with Crippen LogP contribution in [-0.4, -0.2) is 50.5 Å². The summed E-state index contributed by atoms with van der Waals surface area (Å²) < 4.78 is 15.1. The summed E-state index contributed by atoms with van der Waals surface area (Å²) in [5.41, 5.74) is 2.52. The molecule has 7 nitrogen and oxygen atoms in total. The van der Waals surface area contributed by atoms with Gasteiger partial charge in [-0.05, 0) is 37.1 Å². The maximum Gasteiger partial charge on any atom is 0.343 e. The molecule has 1 unspecified atom stereocenters. The van der Waals surface area contributed by atoms with E-state index in [1.807, 2.05) is 31.2 Å². The van der Waals surface area contributed by atoms with Crippen molar-refractivity contribution in [1.29, 1.82) is 0 Å². The van der Waals surface area contributed by atoms with E-state index >= 15 is 0 Å². The van der Waals surface area contributed by atoms with Crippen molar-refractivity contribution in [3.05, 3.63) is 59.2 Å². The van der Waals surface area contributed by atoms with Gasteiger partial charge in [-0.25, -0.2) is 4.79 Å². The van der Waals surface area contributed by atoms with E-state index in [-0.39, 0.29) is 19.1 Å². The zero-order valence-corrected chi connectivity index (χ0v) is 16.2. The third-order valence-electron chi connectivity index (χ3n) is 4.16. The highest BCUT2D eigenvalue weighted by Crippen LogP contribution is 2.28. The monoisotopic (exact) mass is 387 g/mol. The summed E-state index contributed by atoms with van der Waals surface area (Å²) in [6, 6.07) is 12.1. The Kier molecular flexibility index (Phi) is 7.83. The number of rotatable bonds is 9. The van der Waals surface area contributed by atoms with Crippen molar-refractivity contribution in [1.82, 2.24) is 5.32 Å². The molecule has 0 aliphatic rings. The highest BCUT2D eigenvalue weighted by Gasteiger charge is 2.16. The van der Waals surface area contributed by atoms with Gasteiger partial charge >= 0.3 is 5.97 Å². The first kappa shape index (κ1) is 21.2. The minimum absolute atomic E-state index is 0.183. The predicted molar refractivity (Wildman–Crippen MR) is 104 cm³/mol. The number of hydrogen-bond acceptors (Lipinski definition) is 6. The van der Waals surface area contributed by atoms with Gasteiger partial charge in [0.25, 0.3) is 5.91 Å². The molecular formula is C21H25NO6. The number of methoxy groups -OCH3 is 2. The fraction of sp³-hybridized carbons (Fsp3) is 0.333. The average molecular weight is 387 g/mol. The van der Waals surface area contributed by atoms with E-state index in [0.717, 1.165) is 11.1 Å². The molecule has 1 amide bonds. The van der Waals surface area contributed by atoms with Crippen LogP contribution >= 0.6 is 0 Å². The van der Waals surface area contributed by atoms with E-state index in [1.165, 1.54) is 20.3 Å². The van der Waals surface area contributed by atoms with Gasteiger partial charge in [-0.3, -0.25) is 4.79 Å². The smallest absolute Gasteiger partial charge is 0.343 e. The Morgan fingerprint density at radius 2 is 1.79 bits per heavy atom. The average Bonchev–Trinajstić information content (AvgIpc) is 2.72. The van der Waals surface area contributed by atoms with E-state index in [9.17, 15) is 14.7 Å². The van der Waals surface area contributed by atoms with E-state index in [2.05, 4.69) is 10.1 Å². The number of hydrogen-bond donors (Lipinski definition) is 2. The standard InChI is InChI=1S/C21H25NO6/c1-14-4-6-15(7-5-14)10-17(12-23)22-21(25)16-8-9-18(19(11-16)26-2)28-13-20(24)27-3/h4-9,11,17,23H,10,12-13H2,1-3H3,(H,22,25). The minimum atomic E-state index is -0.522. The largest absolute Gasteiger partial charge is 0.493 e. The number of aliphatic hydroxyl groups excluding tert-OH is 1. The van der Waals surface area contributed by atoms with Crippen molar-refractivity contribution >= 4 is 11.9 Å². The highest BCUT2D eigenvalue weighted by molar-refractivity contribution is 5.95. The van der Waals surface area contributed by atoms with Gasteiger partial charge in [-0.2, -0.15) is 0 Å². The van der Waals surface area contributed by atoms with Crippen molar-refractivity contribution in [3.63, 3.8) is 0 Å². The molecule has 150 valence electrons. The molecule has 2 N–H and O–H groups in total. The number of esters is 1. The first-order chi connectivity index (χ1) is 13.5. The zero-order chi connectivity index (χ0) is 20.5. The lowest BCUT2D eigenvalue weighted by Crippen LogP contribution is -2.39. The first-order valence-corrected chi connectivity index (χ1v) is 8.81. The van der Waals surface area contributed by atoms with Gasteiger partial charge < -0.3 is 24.6 Å². The summed E-state index contributed by atoms with van der Waals surface area (Å²) in [6.07, 6.45) is 0.514. The molecule has 0 saturated carbocycles. The Labute approximate surface area is 164 Å². The molecule has 0 heterocycles. The van der Waals surface area contributed by atoms with Crippen molar-refractivity contribution in [2.45, 2.75) is 19.4 Å². The van der Waals surface area contributed by atoms with Gasteiger partial charge in [-0.15, -0.1) is 0 Å². The maximum absolute atomic E-state index is 12.6. The lowest BCUT2D eigenvalue weighted by atomic mass is 10.0. The van der Waals surface area contributed by atoms with Crippen LogP contribution in [-0.2, 0) is 16.0 Å². The Morgan fingerprint density at radius 3 is 2.39 bits per heavy atom. The van der Waals surface area contributed by atoms with Crippen molar-refractivity contribution in [2.75, 3.05) is 27.4 Å². The van der Waals surface area contributed by atoms with E-state index in [1.54, 1.807) is 12.1 Å². The molecule has 2 rings (SSSR count). The normalized spacial score (nSPS) is 11.4. The Hall–Kier alpha value is -3.06. The van der Waals surface area contributed by atoms with Crippen LogP contribution in [0.5, 0.6) is 11.5 Å². The molecule has 0 radical (unpaired) electrons. The molecule has 0 bridgehead atoms. The fourth-order valence-corrected chi connectivity index (χ4v) is 2.56. The van der Waals surface area contributed by atoms with Gasteiger partial charge in [0.15, 0.2) is 18.1 Å². The zero-order valence-electron chi connectivity index (χ0n) is 16.2. The summed E-state index contributed by atoms with van der Waals surface area (Å²) in [5, 5.41) is 12.4. The summed E-state index contributed by atoms with van der Waals surface area (Å²) in [4.78, 5) is 23.8. The lowest BCUT2D eigenvalue weighted by molar-refractivity contribution is -0.142. The van der Waals surface area contributed by atoms with Crippen LogP contribution in [0.3, 0.4) is 0 Å². The van der Waals surface area contributed by atoms with E-state index in [4.69, 9.17) is 9.47 Å². The van der Waals surface area contributed by atoms with Crippen LogP contribution < -0.4 is 14.8 Å². The van der Waals surface area contributed by atoms with Crippen LogP contribution in [0.1, 0.15) is 21.5 Å². The summed E-state index contributed by atoms with van der Waals surface area (Å²) in [7, 11) is 2.71. The maximum atomic E-state index is 12.6. The van der Waals surface area contributed by atoms with Crippen molar-refractivity contribution < 1.29 is 28.9 Å². The van der Waals surface area contributed by atoms with Crippen LogP contribution in [0.15, 0.2) is 42.5 Å². The summed E-state index contributed by atoms with van der Waals surface area (Å²) >= 11 is 0. The topological polar surface area (TPSA) is 94.1 Å².